The molecule has 3 heteroatoms. The molecule has 0 atom stereocenters. The zero-order valence-electron chi connectivity index (χ0n) is 6.80. The van der Waals surface area contributed by atoms with Crippen molar-refractivity contribution in [1.82, 2.24) is 0 Å². The SMILES string of the molecule is C=CCC[SiH2]C(OC)OC. The van der Waals surface area contributed by atoms with Crippen LogP contribution in [0.25, 0.3) is 0 Å². The van der Waals surface area contributed by atoms with Gasteiger partial charge in [0.2, 0.25) is 0 Å². The fourth-order valence-electron chi connectivity index (χ4n) is 0.761. The fraction of sp³-hybridized carbons (Fsp3) is 0.714. The van der Waals surface area contributed by atoms with Gasteiger partial charge in [-0.3, -0.25) is 0 Å². The second-order valence-corrected chi connectivity index (χ2v) is 4.07. The highest BCUT2D eigenvalue weighted by Gasteiger charge is 2.02. The lowest BCUT2D eigenvalue weighted by atomic mass is 10.5. The van der Waals surface area contributed by atoms with E-state index in [1.807, 2.05) is 6.08 Å². The van der Waals surface area contributed by atoms with Crippen LogP contribution in [-0.2, 0) is 9.47 Å². The fourth-order valence-corrected chi connectivity index (χ4v) is 2.09. The maximum absolute atomic E-state index is 5.05. The lowest BCUT2D eigenvalue weighted by Gasteiger charge is -2.11. The van der Waals surface area contributed by atoms with Crippen molar-refractivity contribution in [2.24, 2.45) is 0 Å². The molecular formula is C7H16O2Si. The minimum Gasteiger partial charge on any atom is -0.360 e. The number of ether oxygens (including phenoxy) is 2. The molecule has 0 heterocycles. The van der Waals surface area contributed by atoms with E-state index in [-0.39, 0.29) is 15.4 Å². The Kier molecular flexibility index (Phi) is 6.90. The minimum absolute atomic E-state index is 0.0972. The van der Waals surface area contributed by atoms with Crippen molar-refractivity contribution in [1.29, 1.82) is 0 Å². The summed E-state index contributed by atoms with van der Waals surface area (Å²) < 4.78 is 10.1. The second-order valence-electron chi connectivity index (χ2n) is 2.12. The molecule has 2 nitrogen and oxygen atoms in total. The summed E-state index contributed by atoms with van der Waals surface area (Å²) >= 11 is 0. The van der Waals surface area contributed by atoms with Gasteiger partial charge < -0.3 is 9.47 Å². The van der Waals surface area contributed by atoms with Crippen LogP contribution in [0.1, 0.15) is 6.42 Å². The minimum atomic E-state index is -0.201. The first kappa shape index (κ1) is 9.88. The Morgan fingerprint density at radius 1 is 1.50 bits per heavy atom. The van der Waals surface area contributed by atoms with Crippen molar-refractivity contribution in [3.63, 3.8) is 0 Å². The molecule has 0 saturated carbocycles. The molecule has 60 valence electrons. The molecule has 0 aliphatic carbocycles. The molecule has 10 heavy (non-hydrogen) atoms. The van der Waals surface area contributed by atoms with Crippen molar-refractivity contribution in [2.45, 2.75) is 18.4 Å². The molecule has 0 aliphatic rings. The molecule has 0 aromatic heterocycles. The Labute approximate surface area is 65.0 Å². The highest BCUT2D eigenvalue weighted by atomic mass is 28.2. The average molecular weight is 160 g/mol. The third-order valence-corrected chi connectivity index (χ3v) is 3.33. The average Bonchev–Trinajstić information content (AvgIpc) is 1.99. The highest BCUT2D eigenvalue weighted by molar-refractivity contribution is 6.36. The summed E-state index contributed by atoms with van der Waals surface area (Å²) in [5.41, 5.74) is 0. The van der Waals surface area contributed by atoms with Gasteiger partial charge in [0, 0.05) is 14.2 Å². The van der Waals surface area contributed by atoms with E-state index in [4.69, 9.17) is 9.47 Å². The Morgan fingerprint density at radius 2 is 2.10 bits per heavy atom. The van der Waals surface area contributed by atoms with Crippen LogP contribution in [0.5, 0.6) is 0 Å². The molecule has 0 aromatic rings. The van der Waals surface area contributed by atoms with Gasteiger partial charge in [-0.1, -0.05) is 12.1 Å². The van der Waals surface area contributed by atoms with Crippen LogP contribution in [0.15, 0.2) is 12.7 Å². The van der Waals surface area contributed by atoms with Crippen LogP contribution in [0, 0.1) is 0 Å². The first-order chi connectivity index (χ1) is 4.85. The van der Waals surface area contributed by atoms with Gasteiger partial charge in [-0.15, -0.1) is 6.58 Å². The number of hydrogen-bond donors (Lipinski definition) is 0. The molecule has 0 spiro atoms. The molecule has 0 unspecified atom stereocenters. The van der Waals surface area contributed by atoms with E-state index >= 15 is 0 Å². The molecule has 0 aliphatic heterocycles. The Morgan fingerprint density at radius 3 is 2.50 bits per heavy atom. The second kappa shape index (κ2) is 6.99. The molecule has 0 fully saturated rings. The third-order valence-electron chi connectivity index (χ3n) is 1.37. The van der Waals surface area contributed by atoms with Crippen molar-refractivity contribution in [3.8, 4) is 0 Å². The zero-order chi connectivity index (χ0) is 7.82. The molecule has 0 bridgehead atoms. The normalized spacial score (nSPS) is 11.5. The summed E-state index contributed by atoms with van der Waals surface area (Å²) in [4.78, 5) is 0. The summed E-state index contributed by atoms with van der Waals surface area (Å²) in [6, 6.07) is 1.22. The number of hydrogen-bond acceptors (Lipinski definition) is 2. The van der Waals surface area contributed by atoms with Crippen LogP contribution < -0.4 is 0 Å². The summed E-state index contributed by atoms with van der Waals surface area (Å²) in [7, 11) is 3.18. The van der Waals surface area contributed by atoms with E-state index < -0.39 is 0 Å². The van der Waals surface area contributed by atoms with E-state index in [0.29, 0.717) is 0 Å². The van der Waals surface area contributed by atoms with Crippen LogP contribution >= 0.6 is 0 Å². The molecule has 0 N–H and O–H groups in total. The van der Waals surface area contributed by atoms with Gasteiger partial charge in [-0.05, 0) is 6.42 Å². The number of methoxy groups -OCH3 is 2. The molecule has 0 radical (unpaired) electrons. The number of rotatable bonds is 6. The maximum atomic E-state index is 5.05. The van der Waals surface area contributed by atoms with Gasteiger partial charge in [0.15, 0.2) is 0 Å². The van der Waals surface area contributed by atoms with E-state index in [1.54, 1.807) is 14.2 Å². The summed E-state index contributed by atoms with van der Waals surface area (Å²) in [6.45, 7) is 3.65. The predicted octanol–water partition coefficient (Wildman–Crippen LogP) is 0.726. The van der Waals surface area contributed by atoms with Crippen LogP contribution in [0.2, 0.25) is 6.04 Å². The molecule has 0 aromatic carbocycles. The Balaban J connectivity index is 3.16. The monoisotopic (exact) mass is 160 g/mol. The van der Waals surface area contributed by atoms with E-state index in [2.05, 4.69) is 6.58 Å². The Hall–Kier alpha value is -0.123. The molecule has 0 rings (SSSR count). The smallest absolute Gasteiger partial charge is 0.134 e. The Bertz CT molecular complexity index is 81.7. The lowest BCUT2D eigenvalue weighted by Crippen LogP contribution is -2.20. The first-order valence-electron chi connectivity index (χ1n) is 3.51. The predicted molar refractivity (Wildman–Crippen MR) is 46.0 cm³/mol. The van der Waals surface area contributed by atoms with Crippen LogP contribution in [0.4, 0.5) is 0 Å². The van der Waals surface area contributed by atoms with Gasteiger partial charge in [-0.25, -0.2) is 0 Å². The quantitative estimate of drug-likeness (QED) is 0.247. The highest BCUT2D eigenvalue weighted by Crippen LogP contribution is 1.95. The van der Waals surface area contributed by atoms with Gasteiger partial charge >= 0.3 is 0 Å². The topological polar surface area (TPSA) is 18.5 Å². The lowest BCUT2D eigenvalue weighted by molar-refractivity contribution is -0.0440. The number of allylic oxidation sites excluding steroid dienone is 1. The largest absolute Gasteiger partial charge is 0.360 e. The van der Waals surface area contributed by atoms with Crippen molar-refractivity contribution >= 4 is 9.52 Å². The van der Waals surface area contributed by atoms with Gasteiger partial charge in [0.1, 0.15) is 5.91 Å². The third kappa shape index (κ3) is 4.73. The van der Waals surface area contributed by atoms with Crippen LogP contribution in [0.3, 0.4) is 0 Å². The van der Waals surface area contributed by atoms with Crippen molar-refractivity contribution in [3.05, 3.63) is 12.7 Å². The van der Waals surface area contributed by atoms with Gasteiger partial charge in [0.25, 0.3) is 0 Å². The van der Waals surface area contributed by atoms with E-state index in [9.17, 15) is 0 Å². The molecule has 0 amide bonds. The summed E-state index contributed by atoms with van der Waals surface area (Å²) in [5.74, 6) is 0.0972. The maximum Gasteiger partial charge on any atom is 0.134 e. The molecule has 0 saturated heterocycles. The van der Waals surface area contributed by atoms with Gasteiger partial charge in [0.05, 0.1) is 9.52 Å². The van der Waals surface area contributed by atoms with Crippen LogP contribution in [-0.4, -0.2) is 29.7 Å². The van der Waals surface area contributed by atoms with Crippen molar-refractivity contribution in [2.75, 3.05) is 14.2 Å². The first-order valence-corrected chi connectivity index (χ1v) is 5.33. The molecular weight excluding hydrogens is 144 g/mol. The van der Waals surface area contributed by atoms with Crippen molar-refractivity contribution < 1.29 is 9.47 Å². The zero-order valence-corrected chi connectivity index (χ0v) is 8.21. The summed E-state index contributed by atoms with van der Waals surface area (Å²) in [6.07, 6.45) is 3.03. The van der Waals surface area contributed by atoms with E-state index in [1.165, 1.54) is 6.04 Å². The van der Waals surface area contributed by atoms with E-state index in [0.717, 1.165) is 6.42 Å². The van der Waals surface area contributed by atoms with Gasteiger partial charge in [-0.2, -0.15) is 0 Å². The standard InChI is InChI=1S/C7H16O2Si/c1-4-5-6-10-7(8-2)9-3/h4,7H,1,5-6,10H2,2-3H3. The summed E-state index contributed by atoms with van der Waals surface area (Å²) in [5, 5.41) is 0.